The molecule has 2 amide bonds. The molecule has 152 valence electrons. The van der Waals surface area contributed by atoms with E-state index in [4.69, 9.17) is 13.9 Å². The van der Waals surface area contributed by atoms with Crippen molar-refractivity contribution in [3.8, 4) is 0 Å². The van der Waals surface area contributed by atoms with E-state index in [2.05, 4.69) is 15.5 Å². The fraction of sp³-hybridized carbons (Fsp3) is 0.571. The molecule has 2 aliphatic heterocycles. The third-order valence-electron chi connectivity index (χ3n) is 5.71. The number of amides is 2. The van der Waals surface area contributed by atoms with Crippen LogP contribution in [0.3, 0.4) is 0 Å². The van der Waals surface area contributed by atoms with Gasteiger partial charge in [0.05, 0.1) is 25.9 Å². The lowest BCUT2D eigenvalue weighted by atomic mass is 9.97. The lowest BCUT2D eigenvalue weighted by molar-refractivity contribution is 0.00211. The van der Waals surface area contributed by atoms with Crippen molar-refractivity contribution in [2.75, 3.05) is 46.1 Å². The van der Waals surface area contributed by atoms with Crippen LogP contribution in [-0.4, -0.2) is 63.0 Å². The summed E-state index contributed by atoms with van der Waals surface area (Å²) in [5, 5.41) is 7.09. The Bertz CT molecular complexity index is 748. The maximum atomic E-state index is 12.5. The molecule has 0 radical (unpaired) electrons. The smallest absolute Gasteiger partial charge is 0.315 e. The molecular formula is C21H29N3O4. The molecular weight excluding hydrogens is 358 g/mol. The molecule has 3 atom stereocenters. The third kappa shape index (κ3) is 4.48. The van der Waals surface area contributed by atoms with Crippen LogP contribution in [-0.2, 0) is 9.47 Å². The van der Waals surface area contributed by atoms with E-state index >= 15 is 0 Å². The number of hydrogen-bond donors (Lipinski definition) is 2. The fourth-order valence-electron chi connectivity index (χ4n) is 4.09. The van der Waals surface area contributed by atoms with E-state index in [1.165, 1.54) is 0 Å². The van der Waals surface area contributed by atoms with E-state index in [0.29, 0.717) is 12.5 Å². The van der Waals surface area contributed by atoms with E-state index in [1.807, 2.05) is 37.3 Å². The Morgan fingerprint density at radius 3 is 2.79 bits per heavy atom. The van der Waals surface area contributed by atoms with Crippen LogP contribution in [0.25, 0.3) is 11.0 Å². The van der Waals surface area contributed by atoms with Gasteiger partial charge in [-0.15, -0.1) is 0 Å². The van der Waals surface area contributed by atoms with Crippen LogP contribution in [0.2, 0.25) is 0 Å². The number of ether oxygens (including phenoxy) is 2. The molecule has 4 rings (SSSR count). The first-order chi connectivity index (χ1) is 13.7. The van der Waals surface area contributed by atoms with Crippen molar-refractivity contribution in [3.05, 3.63) is 36.1 Å². The number of morpholine rings is 1. The average Bonchev–Trinajstić information content (AvgIpc) is 3.39. The molecule has 2 saturated heterocycles. The first-order valence-corrected chi connectivity index (χ1v) is 10.1. The number of rotatable bonds is 6. The Morgan fingerprint density at radius 2 is 2.04 bits per heavy atom. The lowest BCUT2D eigenvalue weighted by Crippen LogP contribution is -2.53. The van der Waals surface area contributed by atoms with E-state index in [-0.39, 0.29) is 18.1 Å². The summed E-state index contributed by atoms with van der Waals surface area (Å²) in [6.45, 7) is 7.41. The van der Waals surface area contributed by atoms with E-state index in [0.717, 1.165) is 62.7 Å². The van der Waals surface area contributed by atoms with Gasteiger partial charge in [-0.3, -0.25) is 4.90 Å². The number of urea groups is 1. The number of para-hydroxylation sites is 1. The summed E-state index contributed by atoms with van der Waals surface area (Å²) >= 11 is 0. The SMILES string of the molecule is C[C@H](NC(=O)NC[C@H]([C@@H]1CCOC1)N1CCOCC1)c1cc2ccccc2o1. The minimum atomic E-state index is -0.205. The molecule has 7 heteroatoms. The van der Waals surface area contributed by atoms with Crippen LogP contribution in [0.15, 0.2) is 34.7 Å². The second-order valence-electron chi connectivity index (χ2n) is 7.60. The number of carbonyl (C=O) groups excluding carboxylic acids is 1. The summed E-state index contributed by atoms with van der Waals surface area (Å²) in [7, 11) is 0. The van der Waals surface area contributed by atoms with Crippen LogP contribution >= 0.6 is 0 Å². The lowest BCUT2D eigenvalue weighted by Gasteiger charge is -2.37. The normalized spacial score (nSPS) is 22.8. The quantitative estimate of drug-likeness (QED) is 0.797. The molecule has 3 heterocycles. The molecule has 1 aromatic heterocycles. The molecule has 2 fully saturated rings. The van der Waals surface area contributed by atoms with Gasteiger partial charge in [0.25, 0.3) is 0 Å². The topological polar surface area (TPSA) is 76.0 Å². The van der Waals surface area contributed by atoms with Crippen molar-refractivity contribution in [2.45, 2.75) is 25.4 Å². The first-order valence-electron chi connectivity index (χ1n) is 10.1. The summed E-state index contributed by atoms with van der Waals surface area (Å²) in [6, 6.07) is 9.73. The molecule has 2 N–H and O–H groups in total. The predicted octanol–water partition coefficient (Wildman–Crippen LogP) is 2.53. The summed E-state index contributed by atoms with van der Waals surface area (Å²) in [6.07, 6.45) is 1.04. The highest BCUT2D eigenvalue weighted by molar-refractivity contribution is 5.78. The maximum Gasteiger partial charge on any atom is 0.315 e. The van der Waals surface area contributed by atoms with Gasteiger partial charge in [0.1, 0.15) is 11.3 Å². The fourth-order valence-corrected chi connectivity index (χ4v) is 4.09. The van der Waals surface area contributed by atoms with Crippen LogP contribution in [0.5, 0.6) is 0 Å². The number of fused-ring (bicyclic) bond motifs is 1. The van der Waals surface area contributed by atoms with Gasteiger partial charge in [0.2, 0.25) is 0 Å². The van der Waals surface area contributed by atoms with Gasteiger partial charge in [-0.05, 0) is 25.5 Å². The third-order valence-corrected chi connectivity index (χ3v) is 5.71. The first kappa shape index (κ1) is 19.2. The summed E-state index contributed by atoms with van der Waals surface area (Å²) in [5.74, 6) is 1.21. The second kappa shape index (κ2) is 8.94. The van der Waals surface area contributed by atoms with Gasteiger partial charge in [0, 0.05) is 43.6 Å². The van der Waals surface area contributed by atoms with Crippen molar-refractivity contribution in [1.29, 1.82) is 0 Å². The van der Waals surface area contributed by atoms with Crippen LogP contribution in [0, 0.1) is 5.92 Å². The number of hydrogen-bond acceptors (Lipinski definition) is 5. The summed E-state index contributed by atoms with van der Waals surface area (Å²) < 4.78 is 16.9. The average molecular weight is 387 g/mol. The Hall–Kier alpha value is -2.09. The van der Waals surface area contributed by atoms with E-state index in [1.54, 1.807) is 0 Å². The monoisotopic (exact) mass is 387 g/mol. The highest BCUT2D eigenvalue weighted by atomic mass is 16.5. The highest BCUT2D eigenvalue weighted by Crippen LogP contribution is 2.24. The Morgan fingerprint density at radius 1 is 1.21 bits per heavy atom. The summed E-state index contributed by atoms with van der Waals surface area (Å²) in [4.78, 5) is 14.9. The number of nitrogens with zero attached hydrogens (tertiary/aromatic N) is 1. The molecule has 1 aromatic carbocycles. The van der Waals surface area contributed by atoms with Crippen molar-refractivity contribution >= 4 is 17.0 Å². The molecule has 0 unspecified atom stereocenters. The van der Waals surface area contributed by atoms with Gasteiger partial charge >= 0.3 is 6.03 Å². The van der Waals surface area contributed by atoms with Crippen LogP contribution in [0.1, 0.15) is 25.1 Å². The van der Waals surface area contributed by atoms with E-state index in [9.17, 15) is 4.79 Å². The van der Waals surface area contributed by atoms with Crippen molar-refractivity contribution in [3.63, 3.8) is 0 Å². The van der Waals surface area contributed by atoms with Crippen LogP contribution in [0.4, 0.5) is 4.79 Å². The Kier molecular flexibility index (Phi) is 6.14. The van der Waals surface area contributed by atoms with Gasteiger partial charge in [-0.25, -0.2) is 4.79 Å². The Labute approximate surface area is 165 Å². The standard InChI is InChI=1S/C21H29N3O4/c1-15(20-12-16-4-2-3-5-19(16)28-20)23-21(25)22-13-18(17-6-9-27-14-17)24-7-10-26-11-8-24/h2-5,12,15,17-18H,6-11,13-14H2,1H3,(H2,22,23,25)/t15-,17+,18+/m0/s1. The zero-order valence-corrected chi connectivity index (χ0v) is 16.4. The van der Waals surface area contributed by atoms with Crippen molar-refractivity contribution < 1.29 is 18.7 Å². The molecule has 0 saturated carbocycles. The predicted molar refractivity (Wildman–Crippen MR) is 106 cm³/mol. The number of carbonyl (C=O) groups is 1. The zero-order valence-electron chi connectivity index (χ0n) is 16.4. The Balaban J connectivity index is 1.33. The van der Waals surface area contributed by atoms with Crippen molar-refractivity contribution in [2.24, 2.45) is 5.92 Å². The molecule has 0 bridgehead atoms. The second-order valence-corrected chi connectivity index (χ2v) is 7.60. The molecule has 28 heavy (non-hydrogen) atoms. The molecule has 0 spiro atoms. The van der Waals surface area contributed by atoms with Gasteiger partial charge in [-0.1, -0.05) is 18.2 Å². The largest absolute Gasteiger partial charge is 0.459 e. The van der Waals surface area contributed by atoms with Gasteiger partial charge < -0.3 is 24.5 Å². The minimum Gasteiger partial charge on any atom is -0.459 e. The zero-order chi connectivity index (χ0) is 19.3. The molecule has 2 aliphatic rings. The highest BCUT2D eigenvalue weighted by Gasteiger charge is 2.31. The van der Waals surface area contributed by atoms with Gasteiger partial charge in [-0.2, -0.15) is 0 Å². The summed E-state index contributed by atoms with van der Waals surface area (Å²) in [5.41, 5.74) is 0.833. The number of nitrogens with one attached hydrogen (secondary N) is 2. The number of benzene rings is 1. The molecule has 2 aromatic rings. The molecule has 7 nitrogen and oxygen atoms in total. The van der Waals surface area contributed by atoms with E-state index < -0.39 is 0 Å². The molecule has 0 aliphatic carbocycles. The van der Waals surface area contributed by atoms with Crippen molar-refractivity contribution in [1.82, 2.24) is 15.5 Å². The maximum absolute atomic E-state index is 12.5. The number of furan rings is 1. The van der Waals surface area contributed by atoms with Crippen LogP contribution < -0.4 is 10.6 Å². The van der Waals surface area contributed by atoms with Gasteiger partial charge in [0.15, 0.2) is 0 Å². The minimum absolute atomic E-state index is 0.176.